The van der Waals surface area contributed by atoms with Gasteiger partial charge < -0.3 is 9.52 Å². The molecule has 0 saturated heterocycles. The van der Waals surface area contributed by atoms with Crippen LogP contribution in [0.25, 0.3) is 16.8 Å². The number of carbonyl (C=O) groups excluding carboxylic acids is 1. The lowest BCUT2D eigenvalue weighted by Gasteiger charge is -2.33. The highest BCUT2D eigenvalue weighted by atomic mass is 16.4. The van der Waals surface area contributed by atoms with Crippen LogP contribution in [0.15, 0.2) is 83.7 Å². The van der Waals surface area contributed by atoms with Crippen molar-refractivity contribution in [2.24, 2.45) is 5.92 Å². The average molecular weight is 402 g/mol. The number of rotatable bonds is 1. The van der Waals surface area contributed by atoms with Crippen LogP contribution in [0.3, 0.4) is 0 Å². The number of carboxylic acids is 1. The molecule has 2 aromatic carbocycles. The summed E-state index contributed by atoms with van der Waals surface area (Å²) in [5.74, 6) is 0.504. The SMILES string of the molecule is CC=CC(=O)O.O=C1CCC2c3ccc4ccccc4c3C=CC2C1.c1ccoc1. The Morgan fingerprint density at radius 2 is 1.87 bits per heavy atom. The van der Waals surface area contributed by atoms with E-state index in [0.717, 1.165) is 25.3 Å². The minimum absolute atomic E-state index is 0.426. The van der Waals surface area contributed by atoms with Gasteiger partial charge in [-0.1, -0.05) is 54.6 Å². The number of hydrogen-bond acceptors (Lipinski definition) is 3. The first-order valence-electron chi connectivity index (χ1n) is 10.1. The third-order valence-corrected chi connectivity index (χ3v) is 5.36. The molecule has 0 aliphatic heterocycles. The molecule has 0 radical (unpaired) electrons. The monoisotopic (exact) mass is 402 g/mol. The van der Waals surface area contributed by atoms with Crippen LogP contribution in [0.5, 0.6) is 0 Å². The van der Waals surface area contributed by atoms with Crippen LogP contribution in [0.1, 0.15) is 43.2 Å². The van der Waals surface area contributed by atoms with E-state index in [2.05, 4.69) is 53.0 Å². The zero-order chi connectivity index (χ0) is 21.3. The van der Waals surface area contributed by atoms with Crippen LogP contribution in [0.2, 0.25) is 0 Å². The number of carbonyl (C=O) groups is 2. The van der Waals surface area contributed by atoms with E-state index in [1.165, 1.54) is 28.0 Å². The number of benzene rings is 2. The van der Waals surface area contributed by atoms with Gasteiger partial charge >= 0.3 is 5.97 Å². The van der Waals surface area contributed by atoms with E-state index in [0.29, 0.717) is 17.6 Å². The van der Waals surface area contributed by atoms with Gasteiger partial charge in [-0.25, -0.2) is 4.79 Å². The zero-order valence-corrected chi connectivity index (χ0v) is 17.0. The maximum Gasteiger partial charge on any atom is 0.327 e. The highest BCUT2D eigenvalue weighted by Crippen LogP contribution is 2.44. The van der Waals surface area contributed by atoms with Crippen molar-refractivity contribution in [3.63, 3.8) is 0 Å². The highest BCUT2D eigenvalue weighted by molar-refractivity contribution is 5.93. The van der Waals surface area contributed by atoms with Gasteiger partial charge in [0, 0.05) is 18.9 Å². The van der Waals surface area contributed by atoms with E-state index in [1.807, 2.05) is 12.1 Å². The summed E-state index contributed by atoms with van der Waals surface area (Å²) < 4.78 is 4.58. The Balaban J connectivity index is 0.000000193. The lowest BCUT2D eigenvalue weighted by Crippen LogP contribution is -2.24. The van der Waals surface area contributed by atoms with Gasteiger partial charge in [0.1, 0.15) is 5.78 Å². The van der Waals surface area contributed by atoms with Gasteiger partial charge in [-0.2, -0.15) is 0 Å². The predicted molar refractivity (Wildman–Crippen MR) is 119 cm³/mol. The molecule has 1 aromatic heterocycles. The van der Waals surface area contributed by atoms with Gasteiger partial charge in [0.2, 0.25) is 0 Å². The average Bonchev–Trinajstić information content (AvgIpc) is 3.33. The number of fused-ring (bicyclic) bond motifs is 5. The van der Waals surface area contributed by atoms with Crippen molar-refractivity contribution >= 4 is 28.6 Å². The van der Waals surface area contributed by atoms with E-state index in [1.54, 1.807) is 19.5 Å². The van der Waals surface area contributed by atoms with Crippen molar-refractivity contribution in [1.29, 1.82) is 0 Å². The molecule has 2 aliphatic rings. The van der Waals surface area contributed by atoms with E-state index in [9.17, 15) is 9.59 Å². The zero-order valence-electron chi connectivity index (χ0n) is 17.0. The molecule has 1 saturated carbocycles. The van der Waals surface area contributed by atoms with Crippen LogP contribution < -0.4 is 0 Å². The first-order valence-corrected chi connectivity index (χ1v) is 10.1. The van der Waals surface area contributed by atoms with Crippen LogP contribution >= 0.6 is 0 Å². The number of furan rings is 1. The Bertz CT molecular complexity index is 1030. The van der Waals surface area contributed by atoms with Crippen LogP contribution in [-0.4, -0.2) is 16.9 Å². The Morgan fingerprint density at radius 3 is 2.50 bits per heavy atom. The van der Waals surface area contributed by atoms with Crippen molar-refractivity contribution in [2.75, 3.05) is 0 Å². The topological polar surface area (TPSA) is 67.5 Å². The smallest absolute Gasteiger partial charge is 0.327 e. The Labute approximate surface area is 176 Å². The molecule has 0 spiro atoms. The molecule has 3 aromatic rings. The third-order valence-electron chi connectivity index (χ3n) is 5.36. The lowest BCUT2D eigenvalue weighted by molar-refractivity contribution is -0.131. The molecule has 5 rings (SSSR count). The van der Waals surface area contributed by atoms with E-state index < -0.39 is 5.97 Å². The first kappa shape index (κ1) is 21.3. The van der Waals surface area contributed by atoms with Crippen LogP contribution in [0, 0.1) is 5.92 Å². The number of allylic oxidation sites excluding steroid dienone is 2. The Hall–Kier alpha value is -3.40. The number of Topliss-reactive ketones (excluding diaryl/α,β-unsaturated/α-hetero) is 1. The molecule has 4 heteroatoms. The normalized spacial score (nSPS) is 19.2. The summed E-state index contributed by atoms with van der Waals surface area (Å²) in [6.45, 7) is 1.66. The van der Waals surface area contributed by atoms with Gasteiger partial charge in [-0.05, 0) is 59.2 Å². The van der Waals surface area contributed by atoms with Gasteiger partial charge in [0.15, 0.2) is 0 Å². The second-order valence-electron chi connectivity index (χ2n) is 7.33. The lowest BCUT2D eigenvalue weighted by atomic mass is 9.70. The summed E-state index contributed by atoms with van der Waals surface area (Å²) in [5.41, 5.74) is 2.81. The number of aliphatic carboxylic acids is 1. The molecule has 4 nitrogen and oxygen atoms in total. The van der Waals surface area contributed by atoms with Crippen molar-refractivity contribution in [3.8, 4) is 0 Å². The van der Waals surface area contributed by atoms with Crippen molar-refractivity contribution < 1.29 is 19.1 Å². The Kier molecular flexibility index (Phi) is 7.39. The second kappa shape index (κ2) is 10.4. The maximum atomic E-state index is 11.6. The molecule has 0 amide bonds. The summed E-state index contributed by atoms with van der Waals surface area (Å²) in [4.78, 5) is 21.1. The molecule has 2 aliphatic carbocycles. The van der Waals surface area contributed by atoms with E-state index >= 15 is 0 Å². The first-order chi connectivity index (χ1) is 14.6. The van der Waals surface area contributed by atoms with E-state index in [4.69, 9.17) is 5.11 Å². The van der Waals surface area contributed by atoms with E-state index in [-0.39, 0.29) is 0 Å². The molecule has 154 valence electrons. The quantitative estimate of drug-likeness (QED) is 0.489. The fourth-order valence-corrected chi connectivity index (χ4v) is 4.04. The molecule has 30 heavy (non-hydrogen) atoms. The standard InChI is InChI=1S/C18H16O.C4H6O2.C4H4O/c19-14-7-10-16-13(11-14)6-9-17-15-4-2-1-3-12(15)5-8-18(16)17;1-2-3-4(5)6;1-2-4-5-3-1/h1-6,8-9,13,16H,7,10-11H2;2-3H,1H3,(H,5,6);1-4H. The van der Waals surface area contributed by atoms with Gasteiger partial charge in [0.25, 0.3) is 0 Å². The summed E-state index contributed by atoms with van der Waals surface area (Å²) >= 11 is 0. The molecule has 1 heterocycles. The minimum Gasteiger partial charge on any atom is -0.478 e. The predicted octanol–water partition coefficient (Wildman–Crippen LogP) is 6.25. The van der Waals surface area contributed by atoms with Crippen molar-refractivity contribution in [1.82, 2.24) is 0 Å². The molecule has 1 N–H and O–H groups in total. The van der Waals surface area contributed by atoms with Crippen LogP contribution in [-0.2, 0) is 9.59 Å². The summed E-state index contributed by atoms with van der Waals surface area (Å²) in [6, 6.07) is 16.7. The van der Waals surface area contributed by atoms with Gasteiger partial charge in [0.05, 0.1) is 12.5 Å². The number of ketones is 1. The number of carboxylic acid groups (broad SMARTS) is 1. The fraction of sp³-hybridized carbons (Fsp3) is 0.231. The maximum absolute atomic E-state index is 11.6. The summed E-state index contributed by atoms with van der Waals surface area (Å²) in [7, 11) is 0. The van der Waals surface area contributed by atoms with Gasteiger partial charge in [-0.15, -0.1) is 0 Å². The largest absolute Gasteiger partial charge is 0.478 e. The minimum atomic E-state index is -0.891. The fourth-order valence-electron chi connectivity index (χ4n) is 4.04. The highest BCUT2D eigenvalue weighted by Gasteiger charge is 2.32. The number of hydrogen-bond donors (Lipinski definition) is 1. The van der Waals surface area contributed by atoms with Crippen LogP contribution in [0.4, 0.5) is 0 Å². The summed E-state index contributed by atoms with van der Waals surface area (Å²) in [6.07, 6.45) is 12.8. The third kappa shape index (κ3) is 5.35. The second-order valence-corrected chi connectivity index (χ2v) is 7.33. The molecule has 1 fully saturated rings. The molecule has 2 unspecified atom stereocenters. The molecular formula is C26H26O4. The Morgan fingerprint density at radius 1 is 1.10 bits per heavy atom. The molecule has 0 bridgehead atoms. The van der Waals surface area contributed by atoms with Crippen molar-refractivity contribution in [2.45, 2.75) is 32.1 Å². The molecule has 2 atom stereocenters. The molecular weight excluding hydrogens is 376 g/mol. The van der Waals surface area contributed by atoms with Crippen molar-refractivity contribution in [3.05, 3.63) is 90.4 Å². The van der Waals surface area contributed by atoms with Gasteiger partial charge in [-0.3, -0.25) is 4.79 Å². The summed E-state index contributed by atoms with van der Waals surface area (Å²) in [5, 5.41) is 10.5.